The number of nitrogens with zero attached hydrogens (tertiary/aromatic N) is 3. The first-order chi connectivity index (χ1) is 9.76. The zero-order valence-electron chi connectivity index (χ0n) is 11.5. The fourth-order valence-corrected chi connectivity index (χ4v) is 2.48. The molecule has 4 heteroatoms. The largest absolute Gasteiger partial charge is 0.324 e. The predicted octanol–water partition coefficient (Wildman–Crippen LogP) is 3.28. The fraction of sp³-hybridized carbons (Fsp3) is 0.312. The second-order valence-corrected chi connectivity index (χ2v) is 5.14. The average Bonchev–Trinajstić information content (AvgIpc) is 2.49. The second kappa shape index (κ2) is 5.30. The van der Waals surface area contributed by atoms with Crippen LogP contribution in [0, 0.1) is 18.3 Å². The lowest BCUT2D eigenvalue weighted by atomic mass is 9.98. The number of hydrogen-bond donors (Lipinski definition) is 1. The van der Waals surface area contributed by atoms with Gasteiger partial charge in [0.25, 0.3) is 0 Å². The molecule has 3 rings (SSSR count). The lowest BCUT2D eigenvalue weighted by Crippen LogP contribution is -2.08. The molecule has 0 spiro atoms. The molecule has 0 saturated heterocycles. The topological polar surface area (TPSA) is 61.6 Å². The molecule has 1 aromatic heterocycles. The molecule has 0 fully saturated rings. The Morgan fingerprint density at radius 2 is 2.10 bits per heavy atom. The maximum Gasteiger partial charge on any atom is 0.227 e. The minimum absolute atomic E-state index is 0.610. The van der Waals surface area contributed by atoms with Gasteiger partial charge in [0.05, 0.1) is 11.6 Å². The summed E-state index contributed by atoms with van der Waals surface area (Å²) >= 11 is 0. The first kappa shape index (κ1) is 12.6. The van der Waals surface area contributed by atoms with Gasteiger partial charge < -0.3 is 5.32 Å². The van der Waals surface area contributed by atoms with Crippen molar-refractivity contribution >= 4 is 11.6 Å². The van der Waals surface area contributed by atoms with Gasteiger partial charge in [-0.2, -0.15) is 5.26 Å². The Kier molecular flexibility index (Phi) is 3.34. The summed E-state index contributed by atoms with van der Waals surface area (Å²) in [5, 5.41) is 12.2. The molecule has 1 heterocycles. The van der Waals surface area contributed by atoms with Crippen LogP contribution in [0.25, 0.3) is 0 Å². The van der Waals surface area contributed by atoms with Crippen LogP contribution in [0.15, 0.2) is 24.4 Å². The molecule has 0 saturated carbocycles. The molecule has 100 valence electrons. The van der Waals surface area contributed by atoms with Crippen molar-refractivity contribution in [3.8, 4) is 6.07 Å². The number of benzene rings is 1. The molecule has 2 aromatic rings. The molecular weight excluding hydrogens is 248 g/mol. The summed E-state index contributed by atoms with van der Waals surface area (Å²) in [6.07, 6.45) is 6.46. The van der Waals surface area contributed by atoms with E-state index in [9.17, 15) is 0 Å². The van der Waals surface area contributed by atoms with Crippen molar-refractivity contribution < 1.29 is 0 Å². The van der Waals surface area contributed by atoms with E-state index in [2.05, 4.69) is 21.4 Å². The molecule has 20 heavy (non-hydrogen) atoms. The van der Waals surface area contributed by atoms with Gasteiger partial charge in [-0.1, -0.05) is 6.07 Å². The van der Waals surface area contributed by atoms with E-state index in [1.807, 2.05) is 31.3 Å². The van der Waals surface area contributed by atoms with Gasteiger partial charge in [0.15, 0.2) is 0 Å². The Bertz CT molecular complexity index is 685. The summed E-state index contributed by atoms with van der Waals surface area (Å²) in [6.45, 7) is 1.93. The number of aryl methyl sites for hydroxylation is 3. The average molecular weight is 264 g/mol. The molecule has 4 nitrogen and oxygen atoms in total. The van der Waals surface area contributed by atoms with Crippen LogP contribution in [0.5, 0.6) is 0 Å². The molecule has 1 aliphatic carbocycles. The molecule has 0 unspecified atom stereocenters. The standard InChI is InChI=1S/C16H16N4/c1-11-6-7-14(8-13(11)9-17)19-16-18-10-12-4-2-3-5-15(12)20-16/h6-8,10H,2-5H2,1H3,(H,18,19,20). The van der Waals surface area contributed by atoms with Crippen molar-refractivity contribution in [2.45, 2.75) is 32.6 Å². The van der Waals surface area contributed by atoms with Gasteiger partial charge in [-0.05, 0) is 55.9 Å². The highest BCUT2D eigenvalue weighted by Crippen LogP contribution is 2.22. The summed E-state index contributed by atoms with van der Waals surface area (Å²) in [6, 6.07) is 7.90. The van der Waals surface area contributed by atoms with E-state index in [-0.39, 0.29) is 0 Å². The summed E-state index contributed by atoms with van der Waals surface area (Å²) in [4.78, 5) is 8.94. The van der Waals surface area contributed by atoms with Crippen LogP contribution in [0.2, 0.25) is 0 Å². The van der Waals surface area contributed by atoms with Crippen molar-refractivity contribution in [2.75, 3.05) is 5.32 Å². The van der Waals surface area contributed by atoms with Gasteiger partial charge in [-0.3, -0.25) is 0 Å². The highest BCUT2D eigenvalue weighted by molar-refractivity contribution is 5.58. The first-order valence-corrected chi connectivity index (χ1v) is 6.89. The maximum atomic E-state index is 9.06. The summed E-state index contributed by atoms with van der Waals surface area (Å²) in [7, 11) is 0. The minimum atomic E-state index is 0.610. The second-order valence-electron chi connectivity index (χ2n) is 5.14. The van der Waals surface area contributed by atoms with Crippen LogP contribution in [-0.4, -0.2) is 9.97 Å². The fourth-order valence-electron chi connectivity index (χ4n) is 2.48. The number of fused-ring (bicyclic) bond motifs is 1. The van der Waals surface area contributed by atoms with E-state index in [1.54, 1.807) is 0 Å². The molecule has 0 atom stereocenters. The third-order valence-corrected chi connectivity index (χ3v) is 3.68. The lowest BCUT2D eigenvalue weighted by molar-refractivity contribution is 0.663. The van der Waals surface area contributed by atoms with Crippen molar-refractivity contribution in [1.29, 1.82) is 5.26 Å². The SMILES string of the molecule is Cc1ccc(Nc2ncc3c(n2)CCCC3)cc1C#N. The van der Waals surface area contributed by atoms with Crippen LogP contribution in [0.3, 0.4) is 0 Å². The van der Waals surface area contributed by atoms with Crippen LogP contribution in [0.4, 0.5) is 11.6 Å². The maximum absolute atomic E-state index is 9.06. The Labute approximate surface area is 118 Å². The molecule has 0 bridgehead atoms. The molecule has 1 N–H and O–H groups in total. The first-order valence-electron chi connectivity index (χ1n) is 6.89. The molecule has 1 aliphatic rings. The molecular formula is C16H16N4. The highest BCUT2D eigenvalue weighted by atomic mass is 15.1. The molecule has 0 radical (unpaired) electrons. The van der Waals surface area contributed by atoms with E-state index in [0.717, 1.165) is 29.8 Å². The number of nitriles is 1. The minimum Gasteiger partial charge on any atom is -0.324 e. The predicted molar refractivity (Wildman–Crippen MR) is 77.9 cm³/mol. The summed E-state index contributed by atoms with van der Waals surface area (Å²) in [5.74, 6) is 0.610. The van der Waals surface area contributed by atoms with Crippen molar-refractivity contribution in [1.82, 2.24) is 9.97 Å². The van der Waals surface area contributed by atoms with Crippen molar-refractivity contribution in [3.63, 3.8) is 0 Å². The van der Waals surface area contributed by atoms with Gasteiger partial charge in [0.1, 0.15) is 0 Å². The van der Waals surface area contributed by atoms with E-state index < -0.39 is 0 Å². The van der Waals surface area contributed by atoms with E-state index in [0.29, 0.717) is 11.5 Å². The van der Waals surface area contributed by atoms with Crippen LogP contribution in [-0.2, 0) is 12.8 Å². The van der Waals surface area contributed by atoms with Crippen molar-refractivity contribution in [3.05, 3.63) is 46.8 Å². The van der Waals surface area contributed by atoms with Gasteiger partial charge in [-0.15, -0.1) is 0 Å². The molecule has 0 amide bonds. The van der Waals surface area contributed by atoms with Gasteiger partial charge >= 0.3 is 0 Å². The quantitative estimate of drug-likeness (QED) is 0.904. The summed E-state index contributed by atoms with van der Waals surface area (Å²) < 4.78 is 0. The molecule has 0 aliphatic heterocycles. The van der Waals surface area contributed by atoms with Crippen LogP contribution in [0.1, 0.15) is 35.2 Å². The third-order valence-electron chi connectivity index (χ3n) is 3.68. The normalized spacial score (nSPS) is 13.4. The Hall–Kier alpha value is -2.41. The van der Waals surface area contributed by atoms with E-state index in [4.69, 9.17) is 5.26 Å². The Morgan fingerprint density at radius 3 is 2.95 bits per heavy atom. The molecule has 1 aromatic carbocycles. The smallest absolute Gasteiger partial charge is 0.227 e. The highest BCUT2D eigenvalue weighted by Gasteiger charge is 2.12. The van der Waals surface area contributed by atoms with Gasteiger partial charge in [-0.25, -0.2) is 9.97 Å². The number of anilines is 2. The van der Waals surface area contributed by atoms with E-state index >= 15 is 0 Å². The monoisotopic (exact) mass is 264 g/mol. The zero-order valence-corrected chi connectivity index (χ0v) is 11.5. The number of nitrogens with one attached hydrogen (secondary N) is 1. The Morgan fingerprint density at radius 1 is 1.25 bits per heavy atom. The number of aromatic nitrogens is 2. The van der Waals surface area contributed by atoms with Crippen LogP contribution < -0.4 is 5.32 Å². The van der Waals surface area contributed by atoms with Crippen molar-refractivity contribution in [2.24, 2.45) is 0 Å². The third kappa shape index (κ3) is 2.48. The number of hydrogen-bond acceptors (Lipinski definition) is 4. The zero-order chi connectivity index (χ0) is 13.9. The number of rotatable bonds is 2. The Balaban J connectivity index is 1.86. The lowest BCUT2D eigenvalue weighted by Gasteiger charge is -2.15. The van der Waals surface area contributed by atoms with Crippen LogP contribution >= 0.6 is 0 Å². The van der Waals surface area contributed by atoms with E-state index in [1.165, 1.54) is 18.4 Å². The summed E-state index contributed by atoms with van der Waals surface area (Å²) in [5.41, 5.74) is 4.92. The van der Waals surface area contributed by atoms with Gasteiger partial charge in [0, 0.05) is 17.6 Å². The van der Waals surface area contributed by atoms with Gasteiger partial charge in [0.2, 0.25) is 5.95 Å².